The highest BCUT2D eigenvalue weighted by Gasteiger charge is 2.13. The van der Waals surface area contributed by atoms with E-state index >= 15 is 0 Å². The average Bonchev–Trinajstić information content (AvgIpc) is 3.01. The molecule has 0 fully saturated rings. The topological polar surface area (TPSA) is 73.6 Å². The molecule has 0 bridgehead atoms. The van der Waals surface area contributed by atoms with Crippen LogP contribution in [-0.2, 0) is 4.74 Å². The van der Waals surface area contributed by atoms with Gasteiger partial charge in [0.05, 0.1) is 37.4 Å². The number of pyridine rings is 1. The fraction of sp³-hybridized carbons (Fsp3) is 0.389. The number of ether oxygens (including phenoxy) is 2. The van der Waals surface area contributed by atoms with E-state index in [2.05, 4.69) is 20.4 Å². The Morgan fingerprint density at radius 1 is 1.16 bits per heavy atom. The minimum atomic E-state index is -0.144. The number of fused-ring (bicyclic) bond motifs is 1. The van der Waals surface area contributed by atoms with E-state index < -0.39 is 0 Å². The van der Waals surface area contributed by atoms with Gasteiger partial charge in [-0.3, -0.25) is 4.98 Å². The zero-order valence-electron chi connectivity index (χ0n) is 15.0. The molecule has 132 valence electrons. The zero-order valence-corrected chi connectivity index (χ0v) is 15.0. The summed E-state index contributed by atoms with van der Waals surface area (Å²) in [6, 6.07) is 5.73. The van der Waals surface area contributed by atoms with Gasteiger partial charge in [-0.15, -0.1) is 5.10 Å². The van der Waals surface area contributed by atoms with Gasteiger partial charge < -0.3 is 14.8 Å². The Kier molecular flexibility index (Phi) is 4.85. The fourth-order valence-corrected chi connectivity index (χ4v) is 2.44. The van der Waals surface area contributed by atoms with Gasteiger partial charge >= 0.3 is 0 Å². The summed E-state index contributed by atoms with van der Waals surface area (Å²) >= 11 is 0. The molecule has 3 aromatic rings. The van der Waals surface area contributed by atoms with E-state index in [9.17, 15) is 0 Å². The summed E-state index contributed by atoms with van der Waals surface area (Å²) in [6.45, 7) is 7.40. The van der Waals surface area contributed by atoms with Gasteiger partial charge in [-0.25, -0.2) is 9.50 Å². The lowest BCUT2D eigenvalue weighted by Gasteiger charge is -2.19. The molecule has 3 heterocycles. The van der Waals surface area contributed by atoms with Gasteiger partial charge in [0.25, 0.3) is 0 Å². The molecular formula is C18H23N5O2. The van der Waals surface area contributed by atoms with Crippen LogP contribution < -0.4 is 10.1 Å². The first-order valence-corrected chi connectivity index (χ1v) is 8.19. The minimum absolute atomic E-state index is 0.144. The summed E-state index contributed by atoms with van der Waals surface area (Å²) < 4.78 is 12.9. The first kappa shape index (κ1) is 17.2. The van der Waals surface area contributed by atoms with Crippen molar-refractivity contribution >= 4 is 11.5 Å². The maximum Gasteiger partial charge on any atom is 0.154 e. The van der Waals surface area contributed by atoms with Crippen LogP contribution in [0.3, 0.4) is 0 Å². The lowest BCUT2D eigenvalue weighted by Crippen LogP contribution is -2.23. The van der Waals surface area contributed by atoms with Crippen LogP contribution in [0.15, 0.2) is 36.8 Å². The molecule has 0 unspecified atom stereocenters. The normalized spacial score (nSPS) is 11.7. The van der Waals surface area contributed by atoms with Crippen LogP contribution >= 0.6 is 0 Å². The van der Waals surface area contributed by atoms with E-state index in [-0.39, 0.29) is 5.60 Å². The molecule has 7 nitrogen and oxygen atoms in total. The second-order valence-electron chi connectivity index (χ2n) is 6.60. The molecule has 0 aliphatic carbocycles. The van der Waals surface area contributed by atoms with Crippen LogP contribution in [0.1, 0.15) is 20.8 Å². The van der Waals surface area contributed by atoms with Crippen molar-refractivity contribution in [3.63, 3.8) is 0 Å². The van der Waals surface area contributed by atoms with E-state index in [4.69, 9.17) is 9.47 Å². The second kappa shape index (κ2) is 7.06. The third-order valence-corrected chi connectivity index (χ3v) is 3.59. The molecule has 0 aliphatic rings. The van der Waals surface area contributed by atoms with Gasteiger partial charge in [-0.05, 0) is 39.0 Å². The standard InChI is InChI=1S/C18H23N5O2/c1-18(2,3)25-10-9-20-16-5-6-17-21-11-14(23(17)22-16)13-7-8-19-12-15(13)24-4/h5-8,11-12H,9-10H2,1-4H3,(H,20,22). The van der Waals surface area contributed by atoms with Crippen molar-refractivity contribution < 1.29 is 9.47 Å². The zero-order chi connectivity index (χ0) is 17.9. The number of rotatable bonds is 6. The maximum atomic E-state index is 5.71. The van der Waals surface area contributed by atoms with Gasteiger partial charge in [-0.1, -0.05) is 0 Å². The summed E-state index contributed by atoms with van der Waals surface area (Å²) in [4.78, 5) is 8.50. The molecule has 1 N–H and O–H groups in total. The Hall–Kier alpha value is -2.67. The summed E-state index contributed by atoms with van der Waals surface area (Å²) in [5.74, 6) is 1.44. The van der Waals surface area contributed by atoms with Crippen LogP contribution in [0.2, 0.25) is 0 Å². The van der Waals surface area contributed by atoms with Gasteiger partial charge in [-0.2, -0.15) is 0 Å². The van der Waals surface area contributed by atoms with Crippen LogP contribution in [0, 0.1) is 0 Å². The summed E-state index contributed by atoms with van der Waals surface area (Å²) in [6.07, 6.45) is 5.19. The third kappa shape index (κ3) is 4.06. The summed E-state index contributed by atoms with van der Waals surface area (Å²) in [7, 11) is 1.62. The summed E-state index contributed by atoms with van der Waals surface area (Å²) in [5.41, 5.74) is 2.37. The van der Waals surface area contributed by atoms with Crippen molar-refractivity contribution in [2.24, 2.45) is 0 Å². The molecule has 25 heavy (non-hydrogen) atoms. The van der Waals surface area contributed by atoms with Gasteiger partial charge in [0, 0.05) is 18.3 Å². The predicted octanol–water partition coefficient (Wildman–Crippen LogP) is 3.03. The Morgan fingerprint density at radius 2 is 2.00 bits per heavy atom. The van der Waals surface area contributed by atoms with Crippen LogP contribution in [0.25, 0.3) is 16.9 Å². The van der Waals surface area contributed by atoms with E-state index in [1.807, 2.05) is 39.0 Å². The van der Waals surface area contributed by atoms with Crippen molar-refractivity contribution in [2.75, 3.05) is 25.6 Å². The number of nitrogens with one attached hydrogen (secondary N) is 1. The highest BCUT2D eigenvalue weighted by molar-refractivity contribution is 5.69. The minimum Gasteiger partial charge on any atom is -0.494 e. The molecular weight excluding hydrogens is 318 g/mol. The highest BCUT2D eigenvalue weighted by atomic mass is 16.5. The molecule has 0 aliphatic heterocycles. The number of aromatic nitrogens is 4. The molecule has 0 saturated heterocycles. The van der Waals surface area contributed by atoms with Gasteiger partial charge in [0.15, 0.2) is 5.65 Å². The molecule has 0 amide bonds. The Balaban J connectivity index is 1.82. The smallest absolute Gasteiger partial charge is 0.154 e. The van der Waals surface area contributed by atoms with E-state index in [0.29, 0.717) is 18.9 Å². The number of anilines is 1. The maximum absolute atomic E-state index is 5.71. The molecule has 7 heteroatoms. The van der Waals surface area contributed by atoms with E-state index in [1.165, 1.54) is 0 Å². The Morgan fingerprint density at radius 3 is 2.76 bits per heavy atom. The molecule has 3 rings (SSSR count). The monoisotopic (exact) mass is 341 g/mol. The lowest BCUT2D eigenvalue weighted by molar-refractivity contribution is 0.00330. The van der Waals surface area contributed by atoms with Crippen molar-refractivity contribution in [2.45, 2.75) is 26.4 Å². The molecule has 0 atom stereocenters. The van der Waals surface area contributed by atoms with Crippen LogP contribution in [-0.4, -0.2) is 45.4 Å². The Bertz CT molecular complexity index is 854. The second-order valence-corrected chi connectivity index (χ2v) is 6.60. The van der Waals surface area contributed by atoms with Crippen LogP contribution in [0.4, 0.5) is 5.82 Å². The average molecular weight is 341 g/mol. The van der Waals surface area contributed by atoms with Gasteiger partial charge in [0.2, 0.25) is 0 Å². The fourth-order valence-electron chi connectivity index (χ4n) is 2.44. The quantitative estimate of drug-likeness (QED) is 0.695. The first-order valence-electron chi connectivity index (χ1n) is 8.19. The van der Waals surface area contributed by atoms with Crippen LogP contribution in [0.5, 0.6) is 5.75 Å². The molecule has 3 aromatic heterocycles. The summed E-state index contributed by atoms with van der Waals surface area (Å²) in [5, 5.41) is 7.91. The predicted molar refractivity (Wildman–Crippen MR) is 97.0 cm³/mol. The van der Waals surface area contributed by atoms with Crippen molar-refractivity contribution in [1.29, 1.82) is 0 Å². The molecule has 0 saturated carbocycles. The van der Waals surface area contributed by atoms with E-state index in [1.54, 1.807) is 30.2 Å². The van der Waals surface area contributed by atoms with Crippen molar-refractivity contribution in [1.82, 2.24) is 19.6 Å². The first-order chi connectivity index (χ1) is 12.0. The highest BCUT2D eigenvalue weighted by Crippen LogP contribution is 2.29. The largest absolute Gasteiger partial charge is 0.494 e. The number of nitrogens with zero attached hydrogens (tertiary/aromatic N) is 4. The molecule has 0 spiro atoms. The molecule has 0 radical (unpaired) electrons. The number of methoxy groups -OCH3 is 1. The number of hydrogen-bond acceptors (Lipinski definition) is 6. The Labute approximate surface area is 147 Å². The SMILES string of the molecule is COc1cnccc1-c1cnc2ccc(NCCOC(C)(C)C)nn12. The number of imidazole rings is 1. The van der Waals surface area contributed by atoms with E-state index in [0.717, 1.165) is 22.7 Å². The molecule has 0 aromatic carbocycles. The van der Waals surface area contributed by atoms with Crippen molar-refractivity contribution in [3.05, 3.63) is 36.8 Å². The third-order valence-electron chi connectivity index (χ3n) is 3.59. The lowest BCUT2D eigenvalue weighted by atomic mass is 10.2. The number of hydrogen-bond donors (Lipinski definition) is 1. The van der Waals surface area contributed by atoms with Crippen molar-refractivity contribution in [3.8, 4) is 17.0 Å². The van der Waals surface area contributed by atoms with Gasteiger partial charge in [0.1, 0.15) is 11.6 Å².